The molecule has 0 N–H and O–H groups in total. The molecule has 1 aliphatic heterocycles. The van der Waals surface area contributed by atoms with Crippen molar-refractivity contribution in [3.63, 3.8) is 0 Å². The van der Waals surface area contributed by atoms with Crippen LogP contribution in [0.4, 0.5) is 0 Å². The van der Waals surface area contributed by atoms with E-state index in [2.05, 4.69) is 4.98 Å². The molecule has 2 amide bonds. The van der Waals surface area contributed by atoms with Gasteiger partial charge in [-0.25, -0.2) is 9.67 Å². The van der Waals surface area contributed by atoms with Gasteiger partial charge in [0.2, 0.25) is 0 Å². The highest BCUT2D eigenvalue weighted by atomic mass is 16.5. The molecule has 0 bridgehead atoms. The highest BCUT2D eigenvalue weighted by Gasteiger charge is 2.37. The first-order valence-corrected chi connectivity index (χ1v) is 9.46. The average Bonchev–Trinajstić information content (AvgIpc) is 3.26. The third kappa shape index (κ3) is 2.45. The van der Waals surface area contributed by atoms with Crippen LogP contribution < -0.4 is 4.74 Å². The Bertz CT molecular complexity index is 1340. The number of imide groups is 1. The predicted molar refractivity (Wildman–Crippen MR) is 112 cm³/mol. The molecule has 0 saturated carbocycles. The van der Waals surface area contributed by atoms with Gasteiger partial charge in [0.15, 0.2) is 5.65 Å². The summed E-state index contributed by atoms with van der Waals surface area (Å²) in [6.07, 6.45) is 1.47. The Hall–Kier alpha value is -4.00. The quantitative estimate of drug-likeness (QED) is 0.493. The number of fused-ring (bicyclic) bond motifs is 3. The Morgan fingerprint density at radius 1 is 0.967 bits per heavy atom. The van der Waals surface area contributed by atoms with Crippen LogP contribution in [0.2, 0.25) is 0 Å². The van der Waals surface area contributed by atoms with E-state index >= 15 is 0 Å². The molecule has 7 heteroatoms. The van der Waals surface area contributed by atoms with E-state index in [1.807, 2.05) is 55.5 Å². The minimum absolute atomic E-state index is 0.300. The number of carbonyl (C=O) groups is 2. The summed E-state index contributed by atoms with van der Waals surface area (Å²) < 4.78 is 7.00. The third-order valence-electron chi connectivity index (χ3n) is 5.46. The topological polar surface area (TPSA) is 77.3 Å². The van der Waals surface area contributed by atoms with E-state index in [0.29, 0.717) is 27.9 Å². The van der Waals surface area contributed by atoms with E-state index in [4.69, 9.17) is 9.84 Å². The maximum Gasteiger partial charge on any atom is 0.262 e. The molecule has 7 nitrogen and oxygen atoms in total. The molecule has 0 aliphatic carbocycles. The predicted octanol–water partition coefficient (Wildman–Crippen LogP) is 3.63. The summed E-state index contributed by atoms with van der Waals surface area (Å²) in [4.78, 5) is 31.1. The Balaban J connectivity index is 1.88. The third-order valence-corrected chi connectivity index (χ3v) is 5.46. The van der Waals surface area contributed by atoms with Crippen molar-refractivity contribution in [3.05, 3.63) is 71.4 Å². The van der Waals surface area contributed by atoms with Crippen molar-refractivity contribution < 1.29 is 14.3 Å². The zero-order valence-corrected chi connectivity index (χ0v) is 16.7. The largest absolute Gasteiger partial charge is 0.497 e. The minimum Gasteiger partial charge on any atom is -0.497 e. The smallest absolute Gasteiger partial charge is 0.262 e. The molecule has 0 saturated heterocycles. The van der Waals surface area contributed by atoms with Crippen LogP contribution in [0.25, 0.3) is 28.0 Å². The van der Waals surface area contributed by atoms with E-state index < -0.39 is 0 Å². The maximum atomic E-state index is 12.9. The van der Waals surface area contributed by atoms with Crippen LogP contribution in [-0.4, -0.2) is 45.6 Å². The zero-order valence-electron chi connectivity index (χ0n) is 16.7. The number of hydrogen-bond donors (Lipinski definition) is 0. The molecule has 0 atom stereocenters. The molecular formula is C23H18N4O3. The van der Waals surface area contributed by atoms with Crippen LogP contribution in [0.1, 0.15) is 26.3 Å². The van der Waals surface area contributed by atoms with Gasteiger partial charge >= 0.3 is 0 Å². The number of aromatic nitrogens is 3. The van der Waals surface area contributed by atoms with Crippen molar-refractivity contribution in [1.82, 2.24) is 19.7 Å². The minimum atomic E-state index is -0.353. The summed E-state index contributed by atoms with van der Waals surface area (Å²) in [6.45, 7) is 1.99. The number of nitrogens with zero attached hydrogens (tertiary/aromatic N) is 4. The molecule has 148 valence electrons. The lowest BCUT2D eigenvalue weighted by Crippen LogP contribution is -2.24. The summed E-state index contributed by atoms with van der Waals surface area (Å²) in [7, 11) is 3.09. The number of para-hydroxylation sites is 1. The second kappa shape index (κ2) is 6.52. The summed E-state index contributed by atoms with van der Waals surface area (Å²) in [5.74, 6) is 0.0194. The van der Waals surface area contributed by atoms with Crippen LogP contribution in [0.15, 0.2) is 54.7 Å². The van der Waals surface area contributed by atoms with Crippen molar-refractivity contribution in [2.45, 2.75) is 6.92 Å². The van der Waals surface area contributed by atoms with Gasteiger partial charge in [-0.1, -0.05) is 18.2 Å². The maximum absolute atomic E-state index is 12.9. The molecule has 5 rings (SSSR count). The summed E-state index contributed by atoms with van der Waals surface area (Å²) >= 11 is 0. The van der Waals surface area contributed by atoms with Crippen LogP contribution >= 0.6 is 0 Å². The molecule has 2 aromatic heterocycles. The van der Waals surface area contributed by atoms with Gasteiger partial charge in [0.25, 0.3) is 11.8 Å². The first-order chi connectivity index (χ1) is 14.5. The number of amides is 2. The fourth-order valence-corrected chi connectivity index (χ4v) is 3.83. The number of benzene rings is 2. The van der Waals surface area contributed by atoms with Crippen molar-refractivity contribution in [2.24, 2.45) is 0 Å². The van der Waals surface area contributed by atoms with Gasteiger partial charge in [0.1, 0.15) is 11.4 Å². The first-order valence-electron chi connectivity index (χ1n) is 9.46. The Morgan fingerprint density at radius 2 is 1.70 bits per heavy atom. The first kappa shape index (κ1) is 18.1. The molecule has 0 spiro atoms. The van der Waals surface area contributed by atoms with Crippen LogP contribution in [0.3, 0.4) is 0 Å². The van der Waals surface area contributed by atoms with Crippen LogP contribution in [0.5, 0.6) is 5.75 Å². The molecule has 1 aliphatic rings. The Morgan fingerprint density at radius 3 is 2.40 bits per heavy atom. The lowest BCUT2D eigenvalue weighted by molar-refractivity contribution is 0.0693. The summed E-state index contributed by atoms with van der Waals surface area (Å²) in [5.41, 5.74) is 4.46. The second-order valence-electron chi connectivity index (χ2n) is 7.19. The van der Waals surface area contributed by atoms with Gasteiger partial charge in [0.05, 0.1) is 29.3 Å². The molecule has 0 radical (unpaired) electrons. The van der Waals surface area contributed by atoms with Gasteiger partial charge in [-0.15, -0.1) is 0 Å². The molecule has 4 aromatic rings. The van der Waals surface area contributed by atoms with Crippen LogP contribution in [0, 0.1) is 6.92 Å². The van der Waals surface area contributed by atoms with E-state index in [1.54, 1.807) is 11.8 Å². The SMILES string of the molecule is COc1ccc(-c2nn(-c3ccccc3C)c3ncc4c(c23)C(=O)N(C)C4=O)cc1. The van der Waals surface area contributed by atoms with Gasteiger partial charge in [-0.05, 0) is 42.8 Å². The molecule has 2 aromatic carbocycles. The van der Waals surface area contributed by atoms with E-state index in [9.17, 15) is 9.59 Å². The number of rotatable bonds is 3. The highest BCUT2D eigenvalue weighted by Crippen LogP contribution is 2.36. The van der Waals surface area contributed by atoms with Crippen molar-refractivity contribution >= 4 is 22.8 Å². The van der Waals surface area contributed by atoms with Gasteiger partial charge < -0.3 is 4.74 Å². The van der Waals surface area contributed by atoms with Crippen molar-refractivity contribution in [2.75, 3.05) is 14.2 Å². The van der Waals surface area contributed by atoms with Crippen molar-refractivity contribution in [1.29, 1.82) is 0 Å². The molecule has 30 heavy (non-hydrogen) atoms. The van der Waals surface area contributed by atoms with Gasteiger partial charge in [0, 0.05) is 18.8 Å². The molecular weight excluding hydrogens is 380 g/mol. The normalized spacial score (nSPS) is 13.2. The Labute approximate surface area is 172 Å². The molecule has 0 fully saturated rings. The second-order valence-corrected chi connectivity index (χ2v) is 7.19. The fraction of sp³-hybridized carbons (Fsp3) is 0.130. The average molecular weight is 398 g/mol. The van der Waals surface area contributed by atoms with Gasteiger partial charge in [-0.3, -0.25) is 14.5 Å². The fourth-order valence-electron chi connectivity index (χ4n) is 3.83. The van der Waals surface area contributed by atoms with E-state index in [-0.39, 0.29) is 11.8 Å². The Kier molecular flexibility index (Phi) is 3.92. The zero-order chi connectivity index (χ0) is 21.0. The molecule has 0 unspecified atom stereocenters. The number of ether oxygens (including phenoxy) is 1. The lowest BCUT2D eigenvalue weighted by Gasteiger charge is -2.06. The summed E-state index contributed by atoms with van der Waals surface area (Å²) in [6, 6.07) is 15.3. The standard InChI is InChI=1S/C23H18N4O3/c1-13-6-4-5-7-17(13)27-21-19(18-16(12-24-21)22(28)26(2)23(18)29)20(25-27)14-8-10-15(30-3)11-9-14/h4-12H,1-3H3. The van der Waals surface area contributed by atoms with Crippen LogP contribution in [-0.2, 0) is 0 Å². The highest BCUT2D eigenvalue weighted by molar-refractivity contribution is 6.27. The number of pyridine rings is 1. The lowest BCUT2D eigenvalue weighted by atomic mass is 10.0. The van der Waals surface area contributed by atoms with E-state index in [0.717, 1.165) is 27.5 Å². The van der Waals surface area contributed by atoms with Gasteiger partial charge in [-0.2, -0.15) is 5.10 Å². The number of hydrogen-bond acceptors (Lipinski definition) is 5. The number of aryl methyl sites for hydroxylation is 1. The molecule has 3 heterocycles. The van der Waals surface area contributed by atoms with E-state index in [1.165, 1.54) is 13.2 Å². The summed E-state index contributed by atoms with van der Waals surface area (Å²) in [5, 5.41) is 5.41. The number of carbonyl (C=O) groups excluding carboxylic acids is 2. The van der Waals surface area contributed by atoms with Crippen molar-refractivity contribution in [3.8, 4) is 22.7 Å². The number of methoxy groups -OCH3 is 1. The monoisotopic (exact) mass is 398 g/mol.